The summed E-state index contributed by atoms with van der Waals surface area (Å²) in [6, 6.07) is 14.7. The molecule has 4 rings (SSSR count). The predicted molar refractivity (Wildman–Crippen MR) is 121 cm³/mol. The van der Waals surface area contributed by atoms with Crippen molar-refractivity contribution >= 4 is 29.6 Å². The van der Waals surface area contributed by atoms with E-state index in [0.29, 0.717) is 11.3 Å². The normalized spacial score (nSPS) is 15.9. The number of amides is 4. The molecule has 172 valence electrons. The number of nitrogens with zero attached hydrogens (tertiary/aromatic N) is 2. The van der Waals surface area contributed by atoms with Gasteiger partial charge in [-0.2, -0.15) is 0 Å². The van der Waals surface area contributed by atoms with Crippen molar-refractivity contribution in [3.05, 3.63) is 87.7 Å². The highest BCUT2D eigenvalue weighted by Gasteiger charge is 2.39. The fraction of sp³-hybridized carbons (Fsp3) is 0.125. The van der Waals surface area contributed by atoms with E-state index in [1.807, 2.05) is 6.07 Å². The van der Waals surface area contributed by atoms with Gasteiger partial charge in [-0.25, -0.2) is 4.79 Å². The molecule has 1 fully saturated rings. The third-order valence-electron chi connectivity index (χ3n) is 5.38. The van der Waals surface area contributed by atoms with Crippen LogP contribution in [-0.2, 0) is 9.59 Å². The van der Waals surface area contributed by atoms with E-state index in [0.717, 1.165) is 4.90 Å². The molecule has 34 heavy (non-hydrogen) atoms. The molecule has 1 unspecified atom stereocenters. The van der Waals surface area contributed by atoms with E-state index in [2.05, 4.69) is 5.32 Å². The largest absolute Gasteiger partial charge is 0.497 e. The Morgan fingerprint density at radius 3 is 2.50 bits per heavy atom. The Morgan fingerprint density at radius 2 is 1.82 bits per heavy atom. The number of benzene rings is 2. The number of furan rings is 1. The average molecular weight is 461 g/mol. The first-order chi connectivity index (χ1) is 16.3. The molecule has 10 nitrogen and oxygen atoms in total. The van der Waals surface area contributed by atoms with E-state index in [1.165, 1.54) is 37.5 Å². The highest BCUT2D eigenvalue weighted by atomic mass is 16.6. The first-order valence-electron chi connectivity index (χ1n) is 10.2. The minimum Gasteiger partial charge on any atom is -0.497 e. The second-order valence-corrected chi connectivity index (χ2v) is 7.42. The lowest BCUT2D eigenvalue weighted by atomic mass is 10.0. The molecule has 10 heteroatoms. The summed E-state index contributed by atoms with van der Waals surface area (Å²) in [5.74, 6) is -1.06. The molecule has 1 N–H and O–H groups in total. The van der Waals surface area contributed by atoms with Gasteiger partial charge in [-0.15, -0.1) is 0 Å². The predicted octanol–water partition coefficient (Wildman–Crippen LogP) is 4.09. The van der Waals surface area contributed by atoms with Crippen LogP contribution in [0.3, 0.4) is 0 Å². The van der Waals surface area contributed by atoms with Gasteiger partial charge in [-0.1, -0.05) is 30.3 Å². The van der Waals surface area contributed by atoms with Gasteiger partial charge in [0, 0.05) is 0 Å². The summed E-state index contributed by atoms with van der Waals surface area (Å²) in [6.07, 6.45) is 1.20. The summed E-state index contributed by atoms with van der Waals surface area (Å²) in [4.78, 5) is 49.8. The molecule has 3 aromatic rings. The number of methoxy groups -OCH3 is 1. The van der Waals surface area contributed by atoms with Crippen LogP contribution < -0.4 is 10.1 Å². The van der Waals surface area contributed by atoms with E-state index in [1.54, 1.807) is 37.3 Å². The van der Waals surface area contributed by atoms with Crippen molar-refractivity contribution in [2.75, 3.05) is 7.11 Å². The topological polar surface area (TPSA) is 132 Å². The monoisotopic (exact) mass is 461 g/mol. The van der Waals surface area contributed by atoms with Crippen LogP contribution in [0.15, 0.2) is 70.7 Å². The molecule has 1 aliphatic rings. The smallest absolute Gasteiger partial charge is 0.331 e. The molecule has 4 amide bonds. The van der Waals surface area contributed by atoms with Crippen molar-refractivity contribution in [3.8, 4) is 17.1 Å². The highest BCUT2D eigenvalue weighted by Crippen LogP contribution is 2.35. The number of imide groups is 2. The van der Waals surface area contributed by atoms with Gasteiger partial charge in [0.15, 0.2) is 0 Å². The van der Waals surface area contributed by atoms with Gasteiger partial charge in [0.25, 0.3) is 17.5 Å². The summed E-state index contributed by atoms with van der Waals surface area (Å²) in [6.45, 7) is 1.67. The van der Waals surface area contributed by atoms with E-state index >= 15 is 0 Å². The number of carbonyl (C=O) groups excluding carboxylic acids is 3. The van der Waals surface area contributed by atoms with Gasteiger partial charge in [0.1, 0.15) is 22.8 Å². The Labute approximate surface area is 193 Å². The number of nitro benzene ring substituents is 1. The number of hydrogen-bond donors (Lipinski definition) is 1. The number of barbiturate groups is 1. The molecule has 1 aromatic heterocycles. The number of hydrogen-bond acceptors (Lipinski definition) is 7. The van der Waals surface area contributed by atoms with Gasteiger partial charge in [0.2, 0.25) is 0 Å². The van der Waals surface area contributed by atoms with Crippen LogP contribution in [0, 0.1) is 10.1 Å². The molecule has 0 bridgehead atoms. The number of nitro groups is 1. The molecule has 2 heterocycles. The Balaban J connectivity index is 1.67. The van der Waals surface area contributed by atoms with Gasteiger partial charge in [0.05, 0.1) is 29.7 Å². The minimum atomic E-state index is -0.861. The molecule has 2 aromatic carbocycles. The SMILES string of the molecule is COc1ccc(-c2ccc(/C=C3/C(=O)NC(=O)N(C(C)c4ccccc4)C3=O)o2)c([N+](=O)[O-])c1. The third kappa shape index (κ3) is 4.16. The molecule has 0 spiro atoms. The van der Waals surface area contributed by atoms with Crippen molar-refractivity contribution in [2.24, 2.45) is 0 Å². The van der Waals surface area contributed by atoms with Gasteiger partial charge in [-0.3, -0.25) is 29.9 Å². The molecule has 0 radical (unpaired) electrons. The Morgan fingerprint density at radius 1 is 1.09 bits per heavy atom. The molecule has 1 aliphatic heterocycles. The Kier molecular flexibility index (Phi) is 5.96. The third-order valence-corrected chi connectivity index (χ3v) is 5.38. The zero-order valence-corrected chi connectivity index (χ0v) is 18.2. The van der Waals surface area contributed by atoms with Crippen LogP contribution >= 0.6 is 0 Å². The van der Waals surface area contributed by atoms with Crippen LogP contribution in [0.4, 0.5) is 10.5 Å². The molecule has 0 aliphatic carbocycles. The second kappa shape index (κ2) is 9.02. The summed E-state index contributed by atoms with van der Waals surface area (Å²) in [5.41, 5.74) is 0.386. The Bertz CT molecular complexity index is 1330. The van der Waals surface area contributed by atoms with Gasteiger partial charge < -0.3 is 9.15 Å². The van der Waals surface area contributed by atoms with Crippen LogP contribution in [0.1, 0.15) is 24.3 Å². The van der Waals surface area contributed by atoms with E-state index in [9.17, 15) is 24.5 Å². The number of carbonyl (C=O) groups is 3. The maximum Gasteiger partial charge on any atom is 0.331 e. The molecular weight excluding hydrogens is 442 g/mol. The maximum absolute atomic E-state index is 13.1. The van der Waals surface area contributed by atoms with Gasteiger partial charge in [-0.05, 0) is 42.8 Å². The van der Waals surface area contributed by atoms with Crippen LogP contribution in [-0.4, -0.2) is 34.8 Å². The van der Waals surface area contributed by atoms with Crippen molar-refractivity contribution in [2.45, 2.75) is 13.0 Å². The average Bonchev–Trinajstić information content (AvgIpc) is 3.30. The molecular formula is C24H19N3O7. The quantitative estimate of drug-likeness (QED) is 0.253. The first kappa shape index (κ1) is 22.5. The lowest BCUT2D eigenvalue weighted by molar-refractivity contribution is -0.384. The molecule has 1 saturated heterocycles. The zero-order valence-electron chi connectivity index (χ0n) is 18.2. The number of rotatable bonds is 6. The fourth-order valence-electron chi connectivity index (χ4n) is 3.62. The number of urea groups is 1. The van der Waals surface area contributed by atoms with Crippen LogP contribution in [0.25, 0.3) is 17.4 Å². The van der Waals surface area contributed by atoms with Crippen LogP contribution in [0.5, 0.6) is 5.75 Å². The van der Waals surface area contributed by atoms with E-state index in [4.69, 9.17) is 9.15 Å². The van der Waals surface area contributed by atoms with E-state index < -0.39 is 28.8 Å². The number of nitrogens with one attached hydrogen (secondary N) is 1. The first-order valence-corrected chi connectivity index (χ1v) is 10.2. The summed E-state index contributed by atoms with van der Waals surface area (Å²) in [5, 5.41) is 13.7. The summed E-state index contributed by atoms with van der Waals surface area (Å²) >= 11 is 0. The standard InChI is InChI=1S/C24H19N3O7/c1-14(15-6-4-3-5-7-15)26-23(29)19(22(28)25-24(26)30)12-17-9-11-21(34-17)18-10-8-16(33-2)13-20(18)27(31)32/h3-14H,1-2H3,(H,25,28,30)/b19-12-. The second-order valence-electron chi connectivity index (χ2n) is 7.42. The fourth-order valence-corrected chi connectivity index (χ4v) is 3.62. The Hall–Kier alpha value is -4.73. The molecule has 0 saturated carbocycles. The lowest BCUT2D eigenvalue weighted by Crippen LogP contribution is -2.54. The van der Waals surface area contributed by atoms with Crippen molar-refractivity contribution < 1.29 is 28.5 Å². The van der Waals surface area contributed by atoms with Crippen molar-refractivity contribution in [3.63, 3.8) is 0 Å². The summed E-state index contributed by atoms with van der Waals surface area (Å²) in [7, 11) is 1.40. The van der Waals surface area contributed by atoms with Crippen molar-refractivity contribution in [1.82, 2.24) is 10.2 Å². The van der Waals surface area contributed by atoms with Crippen LogP contribution in [0.2, 0.25) is 0 Å². The highest BCUT2D eigenvalue weighted by molar-refractivity contribution is 6.31. The molecule has 1 atom stereocenters. The van der Waals surface area contributed by atoms with Crippen molar-refractivity contribution in [1.29, 1.82) is 0 Å². The van der Waals surface area contributed by atoms with Gasteiger partial charge >= 0.3 is 6.03 Å². The summed E-state index contributed by atoms with van der Waals surface area (Å²) < 4.78 is 10.7. The maximum atomic E-state index is 13.1. The lowest BCUT2D eigenvalue weighted by Gasteiger charge is -2.31. The van der Waals surface area contributed by atoms with E-state index in [-0.39, 0.29) is 28.3 Å². The minimum absolute atomic E-state index is 0.111. The number of ether oxygens (including phenoxy) is 1. The zero-order chi connectivity index (χ0) is 24.4.